The Bertz CT molecular complexity index is 1020. The fourth-order valence-electron chi connectivity index (χ4n) is 6.45. The van der Waals surface area contributed by atoms with Crippen LogP contribution in [0.3, 0.4) is 0 Å². The van der Waals surface area contributed by atoms with E-state index in [0.29, 0.717) is 5.41 Å². The Morgan fingerprint density at radius 3 is 1.71 bits per heavy atom. The number of hydrogen-bond donors (Lipinski definition) is 0. The van der Waals surface area contributed by atoms with Crippen LogP contribution in [0.4, 0.5) is 0 Å². The second-order valence-corrected chi connectivity index (χ2v) is 11.4. The topological polar surface area (TPSA) is 0 Å². The fraction of sp³-hybridized carbons (Fsp3) is 0.333. The van der Waals surface area contributed by atoms with Crippen molar-refractivity contribution in [1.29, 1.82) is 0 Å². The SMILES string of the molecule is Cc1cc(C)cc(P2Cc3cccc4c3C3(CC4)CCc4cccc(c43)C2)c1. The molecule has 6 rings (SSSR count). The summed E-state index contributed by atoms with van der Waals surface area (Å²) < 4.78 is 0. The molecule has 0 amide bonds. The smallest absolute Gasteiger partial charge is 0.0220 e. The summed E-state index contributed by atoms with van der Waals surface area (Å²) in [7, 11) is -0.227. The molecule has 140 valence electrons. The van der Waals surface area contributed by atoms with Crippen molar-refractivity contribution in [3.8, 4) is 0 Å². The van der Waals surface area contributed by atoms with E-state index < -0.39 is 0 Å². The average Bonchev–Trinajstić information content (AvgIpc) is 3.23. The second kappa shape index (κ2) is 6.04. The Kier molecular flexibility index (Phi) is 3.67. The highest BCUT2D eigenvalue weighted by molar-refractivity contribution is 7.64. The molecule has 0 atom stereocenters. The molecule has 2 aliphatic carbocycles. The first-order valence-electron chi connectivity index (χ1n) is 10.7. The highest BCUT2D eigenvalue weighted by atomic mass is 31.1. The summed E-state index contributed by atoms with van der Waals surface area (Å²) in [5.74, 6) is 0. The van der Waals surface area contributed by atoms with Crippen LogP contribution < -0.4 is 5.30 Å². The van der Waals surface area contributed by atoms with Crippen LogP contribution in [0.25, 0.3) is 0 Å². The Hall–Kier alpha value is -1.91. The third-order valence-electron chi connectivity index (χ3n) is 7.37. The van der Waals surface area contributed by atoms with Gasteiger partial charge in [0.2, 0.25) is 0 Å². The highest BCUT2D eigenvalue weighted by Crippen LogP contribution is 2.59. The summed E-state index contributed by atoms with van der Waals surface area (Å²) in [5, 5.41) is 1.59. The summed E-state index contributed by atoms with van der Waals surface area (Å²) >= 11 is 0. The van der Waals surface area contributed by atoms with E-state index >= 15 is 0 Å². The second-order valence-electron chi connectivity index (χ2n) is 9.19. The third-order valence-corrected chi connectivity index (χ3v) is 9.80. The summed E-state index contributed by atoms with van der Waals surface area (Å²) in [6.45, 7) is 4.50. The van der Waals surface area contributed by atoms with Gasteiger partial charge < -0.3 is 0 Å². The van der Waals surface area contributed by atoms with Gasteiger partial charge in [-0.05, 0) is 90.5 Å². The van der Waals surface area contributed by atoms with Gasteiger partial charge in [0, 0.05) is 5.41 Å². The largest absolute Gasteiger partial charge is 0.0663 e. The predicted octanol–water partition coefficient (Wildman–Crippen LogP) is 6.30. The maximum absolute atomic E-state index is 2.46. The van der Waals surface area contributed by atoms with Crippen molar-refractivity contribution in [2.75, 3.05) is 0 Å². The van der Waals surface area contributed by atoms with Gasteiger partial charge in [-0.25, -0.2) is 0 Å². The van der Waals surface area contributed by atoms with Gasteiger partial charge in [0.05, 0.1) is 0 Å². The fourth-order valence-corrected chi connectivity index (χ4v) is 9.04. The minimum absolute atomic E-state index is 0.227. The molecular weight excluding hydrogens is 355 g/mol. The van der Waals surface area contributed by atoms with Crippen LogP contribution >= 0.6 is 7.92 Å². The number of aryl methyl sites for hydroxylation is 4. The maximum Gasteiger partial charge on any atom is 0.0220 e. The van der Waals surface area contributed by atoms with E-state index in [4.69, 9.17) is 0 Å². The molecule has 3 aliphatic rings. The van der Waals surface area contributed by atoms with E-state index in [-0.39, 0.29) is 7.92 Å². The predicted molar refractivity (Wildman–Crippen MR) is 120 cm³/mol. The minimum atomic E-state index is -0.227. The first-order valence-corrected chi connectivity index (χ1v) is 12.4. The van der Waals surface area contributed by atoms with Gasteiger partial charge in [-0.15, -0.1) is 0 Å². The number of rotatable bonds is 1. The van der Waals surface area contributed by atoms with Crippen LogP contribution in [0.2, 0.25) is 0 Å². The first kappa shape index (κ1) is 17.0. The normalized spacial score (nSPS) is 19.1. The van der Waals surface area contributed by atoms with Crippen molar-refractivity contribution in [2.24, 2.45) is 0 Å². The van der Waals surface area contributed by atoms with Crippen LogP contribution in [0, 0.1) is 13.8 Å². The standard InChI is InChI=1S/C27H27P/c1-18-13-19(2)15-24(14-18)28-16-22-7-3-5-20-9-11-27(25(20)22)12-10-21-6-4-8-23(17-28)26(21)27/h3-8,13-15H,9-12,16-17H2,1-2H3. The lowest BCUT2D eigenvalue weighted by Gasteiger charge is -2.35. The molecule has 3 aromatic rings. The quantitative estimate of drug-likeness (QED) is 0.433. The molecule has 1 heteroatoms. The van der Waals surface area contributed by atoms with Crippen LogP contribution in [0.15, 0.2) is 54.6 Å². The van der Waals surface area contributed by atoms with E-state index in [1.807, 2.05) is 0 Å². The van der Waals surface area contributed by atoms with Crippen molar-refractivity contribution in [2.45, 2.75) is 57.3 Å². The summed E-state index contributed by atoms with van der Waals surface area (Å²) in [6.07, 6.45) is 7.66. The minimum Gasteiger partial charge on any atom is -0.0663 e. The Morgan fingerprint density at radius 1 is 0.679 bits per heavy atom. The first-order chi connectivity index (χ1) is 13.6. The molecule has 0 fully saturated rings. The van der Waals surface area contributed by atoms with Gasteiger partial charge in [0.15, 0.2) is 0 Å². The molecule has 28 heavy (non-hydrogen) atoms. The lowest BCUT2D eigenvalue weighted by atomic mass is 9.73. The average molecular weight is 382 g/mol. The monoisotopic (exact) mass is 382 g/mol. The van der Waals surface area contributed by atoms with E-state index in [1.54, 1.807) is 38.7 Å². The molecule has 0 saturated carbocycles. The van der Waals surface area contributed by atoms with Crippen LogP contribution in [0.5, 0.6) is 0 Å². The van der Waals surface area contributed by atoms with Gasteiger partial charge >= 0.3 is 0 Å². The molecule has 0 N–H and O–H groups in total. The van der Waals surface area contributed by atoms with Crippen LogP contribution in [-0.4, -0.2) is 0 Å². The number of hydrogen-bond acceptors (Lipinski definition) is 0. The summed E-state index contributed by atoms with van der Waals surface area (Å²) in [6, 6.07) is 21.6. The van der Waals surface area contributed by atoms with Crippen LogP contribution in [-0.2, 0) is 30.6 Å². The molecule has 0 bridgehead atoms. The molecule has 0 radical (unpaired) electrons. The van der Waals surface area contributed by atoms with E-state index in [2.05, 4.69) is 68.4 Å². The van der Waals surface area contributed by atoms with Gasteiger partial charge in [-0.2, -0.15) is 0 Å². The number of benzene rings is 3. The Balaban J connectivity index is 1.61. The molecule has 1 heterocycles. The zero-order valence-electron chi connectivity index (χ0n) is 16.9. The summed E-state index contributed by atoms with van der Waals surface area (Å²) in [4.78, 5) is 0. The van der Waals surface area contributed by atoms with Crippen molar-refractivity contribution >= 4 is 13.2 Å². The summed E-state index contributed by atoms with van der Waals surface area (Å²) in [5.41, 5.74) is 13.2. The van der Waals surface area contributed by atoms with Crippen molar-refractivity contribution in [3.63, 3.8) is 0 Å². The zero-order valence-corrected chi connectivity index (χ0v) is 17.8. The maximum atomic E-state index is 2.46. The highest BCUT2D eigenvalue weighted by Gasteiger charge is 2.48. The zero-order chi connectivity index (χ0) is 18.9. The van der Waals surface area contributed by atoms with Crippen LogP contribution in [0.1, 0.15) is 57.3 Å². The van der Waals surface area contributed by atoms with Gasteiger partial charge in [0.1, 0.15) is 0 Å². The van der Waals surface area contributed by atoms with Gasteiger partial charge in [-0.1, -0.05) is 73.6 Å². The van der Waals surface area contributed by atoms with Crippen molar-refractivity contribution in [1.82, 2.24) is 0 Å². The van der Waals surface area contributed by atoms with E-state index in [9.17, 15) is 0 Å². The molecule has 1 aliphatic heterocycles. The molecule has 0 unspecified atom stereocenters. The molecule has 0 saturated heterocycles. The van der Waals surface area contributed by atoms with Gasteiger partial charge in [-0.3, -0.25) is 0 Å². The molecule has 1 spiro atoms. The lowest BCUT2D eigenvalue weighted by Crippen LogP contribution is -2.26. The van der Waals surface area contributed by atoms with E-state index in [1.165, 1.54) is 49.1 Å². The Morgan fingerprint density at radius 2 is 1.18 bits per heavy atom. The van der Waals surface area contributed by atoms with Crippen molar-refractivity contribution < 1.29 is 0 Å². The Labute approximate surface area is 169 Å². The van der Waals surface area contributed by atoms with E-state index in [0.717, 1.165) is 0 Å². The third kappa shape index (κ3) is 2.34. The molecule has 0 aromatic heterocycles. The lowest BCUT2D eigenvalue weighted by molar-refractivity contribution is 0.501. The molecule has 3 aromatic carbocycles. The molecule has 0 nitrogen and oxygen atoms in total. The molecular formula is C27H27P. The van der Waals surface area contributed by atoms with Crippen molar-refractivity contribution in [3.05, 3.63) is 99.1 Å². The van der Waals surface area contributed by atoms with Gasteiger partial charge in [0.25, 0.3) is 0 Å².